The van der Waals surface area contributed by atoms with Crippen LogP contribution in [0.4, 0.5) is 18.0 Å². The van der Waals surface area contributed by atoms with Crippen molar-refractivity contribution in [3.63, 3.8) is 0 Å². The third-order valence-electron chi connectivity index (χ3n) is 4.13. The summed E-state index contributed by atoms with van der Waals surface area (Å²) in [6.45, 7) is 5.54. The summed E-state index contributed by atoms with van der Waals surface area (Å²) in [5.74, 6) is -0.183. The Labute approximate surface area is 135 Å². The number of hydrogen-bond donors (Lipinski definition) is 1. The minimum atomic E-state index is -4.31. The van der Waals surface area contributed by atoms with Crippen molar-refractivity contribution in [1.82, 2.24) is 15.1 Å². The van der Waals surface area contributed by atoms with Crippen molar-refractivity contribution < 1.29 is 22.8 Å². The smallest absolute Gasteiger partial charge is 0.338 e. The van der Waals surface area contributed by atoms with E-state index in [1.54, 1.807) is 18.7 Å². The summed E-state index contributed by atoms with van der Waals surface area (Å²) in [5, 5.41) is 2.51. The maximum Gasteiger partial charge on any atom is 0.390 e. The number of piperidine rings is 1. The molecule has 3 amide bonds. The van der Waals surface area contributed by atoms with Gasteiger partial charge in [0.25, 0.3) is 0 Å². The third-order valence-corrected chi connectivity index (χ3v) is 4.13. The Morgan fingerprint density at radius 2 is 2.00 bits per heavy atom. The lowest BCUT2D eigenvalue weighted by Gasteiger charge is -2.35. The van der Waals surface area contributed by atoms with Gasteiger partial charge in [0, 0.05) is 25.7 Å². The van der Waals surface area contributed by atoms with Gasteiger partial charge in [-0.15, -0.1) is 0 Å². The van der Waals surface area contributed by atoms with Gasteiger partial charge in [-0.1, -0.05) is 0 Å². The van der Waals surface area contributed by atoms with Gasteiger partial charge >= 0.3 is 12.2 Å². The minimum absolute atomic E-state index is 0.128. The predicted molar refractivity (Wildman–Crippen MR) is 80.9 cm³/mol. The number of urea groups is 1. The van der Waals surface area contributed by atoms with E-state index in [0.717, 1.165) is 24.2 Å². The number of nitrogens with zero attached hydrogens (tertiary/aromatic N) is 2. The van der Waals surface area contributed by atoms with Crippen LogP contribution in [-0.4, -0.2) is 59.6 Å². The molecule has 1 rings (SSSR count). The van der Waals surface area contributed by atoms with Gasteiger partial charge in [0.1, 0.15) is 6.04 Å². The van der Waals surface area contributed by atoms with E-state index in [0.29, 0.717) is 6.54 Å². The largest absolute Gasteiger partial charge is 0.390 e. The van der Waals surface area contributed by atoms with E-state index in [9.17, 15) is 22.8 Å². The molecule has 134 valence electrons. The Bertz CT molecular complexity index is 415. The lowest BCUT2D eigenvalue weighted by Crippen LogP contribution is -2.54. The number of likely N-dealkylation sites (tertiary alicyclic amines) is 1. The molecule has 0 aliphatic carbocycles. The first-order valence-electron chi connectivity index (χ1n) is 8.08. The molecule has 1 saturated heterocycles. The molecule has 0 aromatic carbocycles. The molecule has 1 fully saturated rings. The SMILES string of the molecule is CCN(CCC(F)(F)F)C(=O)NC(C)C(=O)N1CCCCC1C. The van der Waals surface area contributed by atoms with Crippen LogP contribution in [-0.2, 0) is 4.79 Å². The van der Waals surface area contributed by atoms with Crippen LogP contribution in [0.5, 0.6) is 0 Å². The highest BCUT2D eigenvalue weighted by Gasteiger charge is 2.31. The molecule has 0 spiro atoms. The first-order valence-corrected chi connectivity index (χ1v) is 8.08. The van der Waals surface area contributed by atoms with Crippen LogP contribution in [0.25, 0.3) is 0 Å². The van der Waals surface area contributed by atoms with Crippen LogP contribution in [0, 0.1) is 0 Å². The zero-order valence-corrected chi connectivity index (χ0v) is 13.9. The zero-order valence-electron chi connectivity index (χ0n) is 13.9. The van der Waals surface area contributed by atoms with Crippen molar-refractivity contribution in [2.75, 3.05) is 19.6 Å². The normalized spacial score (nSPS) is 20.1. The van der Waals surface area contributed by atoms with Crippen molar-refractivity contribution >= 4 is 11.9 Å². The van der Waals surface area contributed by atoms with Crippen molar-refractivity contribution in [3.05, 3.63) is 0 Å². The van der Waals surface area contributed by atoms with Crippen molar-refractivity contribution in [2.24, 2.45) is 0 Å². The summed E-state index contributed by atoms with van der Waals surface area (Å²) < 4.78 is 36.8. The van der Waals surface area contributed by atoms with Gasteiger partial charge in [0.05, 0.1) is 6.42 Å². The van der Waals surface area contributed by atoms with Crippen LogP contribution in [0.1, 0.15) is 46.5 Å². The van der Waals surface area contributed by atoms with Crippen molar-refractivity contribution in [1.29, 1.82) is 0 Å². The molecular weight excluding hydrogens is 311 g/mol. The number of carbonyl (C=O) groups excluding carboxylic acids is 2. The van der Waals surface area contributed by atoms with Gasteiger partial charge in [-0.05, 0) is 40.0 Å². The molecule has 0 radical (unpaired) electrons. The molecule has 0 aromatic rings. The Hall–Kier alpha value is -1.47. The average Bonchev–Trinajstić information content (AvgIpc) is 2.46. The number of amides is 3. The minimum Gasteiger partial charge on any atom is -0.338 e. The second-order valence-corrected chi connectivity index (χ2v) is 5.99. The number of halogens is 3. The fraction of sp³-hybridized carbons (Fsp3) is 0.867. The van der Waals surface area contributed by atoms with E-state index in [2.05, 4.69) is 5.32 Å². The summed E-state index contributed by atoms with van der Waals surface area (Å²) in [4.78, 5) is 27.2. The van der Waals surface area contributed by atoms with Crippen LogP contribution in [0.2, 0.25) is 0 Å². The van der Waals surface area contributed by atoms with E-state index in [1.807, 2.05) is 6.92 Å². The molecule has 5 nitrogen and oxygen atoms in total. The molecule has 1 aliphatic rings. The van der Waals surface area contributed by atoms with Gasteiger partial charge in [-0.3, -0.25) is 4.79 Å². The maximum absolute atomic E-state index is 12.4. The first-order chi connectivity index (χ1) is 10.7. The third kappa shape index (κ3) is 6.27. The topological polar surface area (TPSA) is 52.7 Å². The fourth-order valence-electron chi connectivity index (χ4n) is 2.68. The monoisotopic (exact) mass is 337 g/mol. The van der Waals surface area contributed by atoms with E-state index in [1.165, 1.54) is 0 Å². The molecule has 0 bridgehead atoms. The first kappa shape index (κ1) is 19.6. The molecule has 23 heavy (non-hydrogen) atoms. The van der Waals surface area contributed by atoms with Gasteiger partial charge in [-0.2, -0.15) is 13.2 Å². The summed E-state index contributed by atoms with van der Waals surface area (Å²) in [7, 11) is 0. The van der Waals surface area contributed by atoms with E-state index in [-0.39, 0.29) is 18.5 Å². The number of alkyl halides is 3. The van der Waals surface area contributed by atoms with Crippen LogP contribution in [0.15, 0.2) is 0 Å². The molecule has 0 aromatic heterocycles. The van der Waals surface area contributed by atoms with Gasteiger partial charge in [0.2, 0.25) is 5.91 Å². The number of nitrogens with one attached hydrogen (secondary N) is 1. The summed E-state index contributed by atoms with van der Waals surface area (Å²) in [6, 6.07) is -1.26. The second-order valence-electron chi connectivity index (χ2n) is 5.99. The van der Waals surface area contributed by atoms with Crippen molar-refractivity contribution in [3.8, 4) is 0 Å². The molecular formula is C15H26F3N3O2. The lowest BCUT2D eigenvalue weighted by atomic mass is 10.0. The molecule has 2 atom stereocenters. The van der Waals surface area contributed by atoms with Crippen LogP contribution in [0.3, 0.4) is 0 Å². The molecule has 1 aliphatic heterocycles. The summed E-state index contributed by atoms with van der Waals surface area (Å²) >= 11 is 0. The molecule has 2 unspecified atom stereocenters. The van der Waals surface area contributed by atoms with Crippen molar-refractivity contribution in [2.45, 2.75) is 64.7 Å². The van der Waals surface area contributed by atoms with Gasteiger partial charge < -0.3 is 15.1 Å². The molecule has 0 saturated carbocycles. The zero-order chi connectivity index (χ0) is 17.6. The highest BCUT2D eigenvalue weighted by molar-refractivity contribution is 5.87. The Morgan fingerprint density at radius 1 is 1.35 bits per heavy atom. The molecule has 1 N–H and O–H groups in total. The molecule has 1 heterocycles. The highest BCUT2D eigenvalue weighted by Crippen LogP contribution is 2.20. The Balaban J connectivity index is 2.54. The second kappa shape index (κ2) is 8.40. The highest BCUT2D eigenvalue weighted by atomic mass is 19.4. The Kier molecular flexibility index (Phi) is 7.15. The molecule has 8 heteroatoms. The van der Waals surface area contributed by atoms with E-state index < -0.39 is 31.2 Å². The number of hydrogen-bond acceptors (Lipinski definition) is 2. The number of carbonyl (C=O) groups is 2. The lowest BCUT2D eigenvalue weighted by molar-refractivity contribution is -0.138. The standard InChI is InChI=1S/C15H26F3N3O2/c1-4-20(10-8-15(16,17)18)14(23)19-12(3)13(22)21-9-6-5-7-11(21)2/h11-12H,4-10H2,1-3H3,(H,19,23). The fourth-order valence-corrected chi connectivity index (χ4v) is 2.68. The van der Waals surface area contributed by atoms with E-state index >= 15 is 0 Å². The van der Waals surface area contributed by atoms with Crippen LogP contribution >= 0.6 is 0 Å². The van der Waals surface area contributed by atoms with Gasteiger partial charge in [0.15, 0.2) is 0 Å². The van der Waals surface area contributed by atoms with Crippen LogP contribution < -0.4 is 5.32 Å². The quantitative estimate of drug-likeness (QED) is 0.839. The predicted octanol–water partition coefficient (Wildman–Crippen LogP) is 2.76. The maximum atomic E-state index is 12.4. The average molecular weight is 337 g/mol. The van der Waals surface area contributed by atoms with Gasteiger partial charge in [-0.25, -0.2) is 4.79 Å². The summed E-state index contributed by atoms with van der Waals surface area (Å²) in [5.41, 5.74) is 0. The number of rotatable bonds is 5. The Morgan fingerprint density at radius 3 is 2.52 bits per heavy atom. The summed E-state index contributed by atoms with van der Waals surface area (Å²) in [6.07, 6.45) is -2.42. The van der Waals surface area contributed by atoms with E-state index in [4.69, 9.17) is 0 Å².